The Morgan fingerprint density at radius 2 is 1.41 bits per heavy atom. The summed E-state index contributed by atoms with van der Waals surface area (Å²) < 4.78 is 0. The molecule has 1 aromatic carbocycles. The highest BCUT2D eigenvalue weighted by Gasteiger charge is 2.46. The summed E-state index contributed by atoms with van der Waals surface area (Å²) in [5, 5.41) is 0. The highest BCUT2D eigenvalue weighted by atomic mass is 17.4. The number of rotatable bonds is 4. The van der Waals surface area contributed by atoms with Gasteiger partial charge in [0.1, 0.15) is 0 Å². The Morgan fingerprint density at radius 3 is 1.77 bits per heavy atom. The van der Waals surface area contributed by atoms with Crippen LogP contribution in [-0.4, -0.2) is 6.29 Å². The molecule has 0 atom stereocenters. The summed E-state index contributed by atoms with van der Waals surface area (Å²) in [5.74, 6) is 1.03. The van der Waals surface area contributed by atoms with Crippen molar-refractivity contribution in [1.82, 2.24) is 0 Å². The minimum Gasteiger partial charge on any atom is -0.198 e. The van der Waals surface area contributed by atoms with Crippen molar-refractivity contribution in [3.05, 3.63) is 34.4 Å². The lowest BCUT2D eigenvalue weighted by molar-refractivity contribution is 0.0850. The second-order valence-electron chi connectivity index (χ2n) is 8.80. The quantitative estimate of drug-likeness (QED) is 0.519. The van der Waals surface area contributed by atoms with E-state index < -0.39 is 0 Å². The third-order valence-electron chi connectivity index (χ3n) is 4.70. The van der Waals surface area contributed by atoms with E-state index in [1.165, 1.54) is 22.3 Å². The lowest BCUT2D eigenvalue weighted by Crippen LogP contribution is -2.31. The Labute approximate surface area is 136 Å². The minimum atomic E-state index is -0.137. The van der Waals surface area contributed by atoms with E-state index in [1.807, 2.05) is 0 Å². The predicted molar refractivity (Wildman–Crippen MR) is 92.3 cm³/mol. The molecule has 22 heavy (non-hydrogen) atoms. The van der Waals surface area contributed by atoms with Crippen LogP contribution < -0.4 is 0 Å². The zero-order valence-corrected chi connectivity index (χ0v) is 15.7. The van der Waals surface area contributed by atoms with Gasteiger partial charge in [0.15, 0.2) is 0 Å². The maximum absolute atomic E-state index is 5.17. The molecule has 1 saturated heterocycles. The highest BCUT2D eigenvalue weighted by Crippen LogP contribution is 2.46. The van der Waals surface area contributed by atoms with Crippen LogP contribution in [0.1, 0.15) is 96.4 Å². The normalized spacial score (nSPS) is 16.7. The Balaban J connectivity index is 2.77. The topological polar surface area (TPSA) is 25.1 Å². The van der Waals surface area contributed by atoms with Crippen molar-refractivity contribution in [3.63, 3.8) is 0 Å². The first-order valence-electron chi connectivity index (χ1n) is 8.47. The maximum Gasteiger partial charge on any atom is 0.233 e. The Hall–Kier alpha value is -0.860. The fourth-order valence-electron chi connectivity index (χ4n) is 3.50. The lowest BCUT2D eigenvalue weighted by Gasteiger charge is -2.35. The van der Waals surface area contributed by atoms with Crippen molar-refractivity contribution >= 4 is 0 Å². The molecule has 1 fully saturated rings. The third-order valence-corrected chi connectivity index (χ3v) is 4.70. The van der Waals surface area contributed by atoms with Gasteiger partial charge in [0, 0.05) is 5.41 Å². The van der Waals surface area contributed by atoms with Crippen LogP contribution >= 0.6 is 0 Å². The van der Waals surface area contributed by atoms with Crippen molar-refractivity contribution in [1.29, 1.82) is 0 Å². The average Bonchev–Trinajstić information content (AvgIpc) is 3.19. The molecule has 1 aromatic rings. The molecule has 0 aromatic heterocycles. The predicted octanol–water partition coefficient (Wildman–Crippen LogP) is 5.80. The summed E-state index contributed by atoms with van der Waals surface area (Å²) >= 11 is 0. The Bertz CT molecular complexity index is 544. The van der Waals surface area contributed by atoms with Crippen molar-refractivity contribution < 1.29 is 9.78 Å². The molecule has 0 bridgehead atoms. The molecular weight excluding hydrogens is 272 g/mol. The molecule has 0 spiro atoms. The van der Waals surface area contributed by atoms with Crippen LogP contribution in [0.2, 0.25) is 0 Å². The molecule has 0 unspecified atom stereocenters. The SMILES string of the molecule is CC(C)c1ccc(C(C)(C)C2OO2)c(C(C)(C)C)c1C(C)C. The van der Waals surface area contributed by atoms with Crippen LogP contribution in [0.3, 0.4) is 0 Å². The van der Waals surface area contributed by atoms with Gasteiger partial charge >= 0.3 is 0 Å². The van der Waals surface area contributed by atoms with Crippen molar-refractivity contribution in [2.24, 2.45) is 0 Å². The largest absolute Gasteiger partial charge is 0.233 e. The molecule has 2 rings (SSSR count). The van der Waals surface area contributed by atoms with E-state index in [-0.39, 0.29) is 17.1 Å². The van der Waals surface area contributed by atoms with Gasteiger partial charge in [0.25, 0.3) is 0 Å². The molecule has 1 aliphatic rings. The van der Waals surface area contributed by atoms with E-state index in [9.17, 15) is 0 Å². The van der Waals surface area contributed by atoms with Gasteiger partial charge < -0.3 is 0 Å². The fourth-order valence-corrected chi connectivity index (χ4v) is 3.50. The summed E-state index contributed by atoms with van der Waals surface area (Å²) in [4.78, 5) is 10.3. The van der Waals surface area contributed by atoms with E-state index in [0.717, 1.165) is 0 Å². The van der Waals surface area contributed by atoms with E-state index in [2.05, 4.69) is 74.4 Å². The van der Waals surface area contributed by atoms with Crippen LogP contribution in [0.25, 0.3) is 0 Å². The smallest absolute Gasteiger partial charge is 0.198 e. The summed E-state index contributed by atoms with van der Waals surface area (Å²) in [7, 11) is 0. The standard InChI is InChI=1S/C20H32O2/c1-12(2)14-10-11-15(20(8,9)18-21-22-18)17(19(5,6)7)16(14)13(3)4/h10-13,18H,1-9H3. The number of benzene rings is 1. The second-order valence-corrected chi connectivity index (χ2v) is 8.80. The summed E-state index contributed by atoms with van der Waals surface area (Å²) in [6, 6.07) is 4.61. The average molecular weight is 304 g/mol. The van der Waals surface area contributed by atoms with Gasteiger partial charge in [-0.25, -0.2) is 0 Å². The summed E-state index contributed by atoms with van der Waals surface area (Å²) in [6.07, 6.45) is -0.126. The molecule has 0 saturated carbocycles. The van der Waals surface area contributed by atoms with Crippen LogP contribution in [0.5, 0.6) is 0 Å². The molecular formula is C20H32O2. The monoisotopic (exact) mass is 304 g/mol. The zero-order valence-electron chi connectivity index (χ0n) is 15.7. The number of hydrogen-bond acceptors (Lipinski definition) is 2. The van der Waals surface area contributed by atoms with Crippen LogP contribution in [-0.2, 0) is 20.6 Å². The van der Waals surface area contributed by atoms with Gasteiger partial charge in [-0.2, -0.15) is 9.78 Å². The van der Waals surface area contributed by atoms with Crippen LogP contribution in [0.15, 0.2) is 12.1 Å². The van der Waals surface area contributed by atoms with E-state index >= 15 is 0 Å². The first-order chi connectivity index (χ1) is 9.98. The van der Waals surface area contributed by atoms with Gasteiger partial charge in [-0.3, -0.25) is 0 Å². The van der Waals surface area contributed by atoms with Crippen molar-refractivity contribution in [3.8, 4) is 0 Å². The lowest BCUT2D eigenvalue weighted by atomic mass is 9.69. The Kier molecular flexibility index (Phi) is 4.49. The van der Waals surface area contributed by atoms with Gasteiger partial charge in [-0.1, -0.05) is 74.4 Å². The van der Waals surface area contributed by atoms with Gasteiger partial charge in [0.05, 0.1) is 0 Å². The van der Waals surface area contributed by atoms with E-state index in [1.54, 1.807) is 0 Å². The van der Waals surface area contributed by atoms with Crippen molar-refractivity contribution in [2.45, 2.75) is 91.3 Å². The fraction of sp³-hybridized carbons (Fsp3) is 0.700. The van der Waals surface area contributed by atoms with E-state index in [0.29, 0.717) is 11.8 Å². The Morgan fingerprint density at radius 1 is 0.864 bits per heavy atom. The van der Waals surface area contributed by atoms with E-state index in [4.69, 9.17) is 9.78 Å². The maximum atomic E-state index is 5.17. The first-order valence-corrected chi connectivity index (χ1v) is 8.47. The minimum absolute atomic E-state index is 0.0893. The summed E-state index contributed by atoms with van der Waals surface area (Å²) in [5.41, 5.74) is 5.76. The molecule has 0 N–H and O–H groups in total. The van der Waals surface area contributed by atoms with Crippen molar-refractivity contribution in [2.75, 3.05) is 0 Å². The first kappa shape index (κ1) is 17.5. The molecule has 0 amide bonds. The number of hydrogen-bond donors (Lipinski definition) is 0. The zero-order chi connectivity index (χ0) is 16.9. The second kappa shape index (κ2) is 5.65. The van der Waals surface area contributed by atoms with Crippen LogP contribution in [0.4, 0.5) is 0 Å². The molecule has 1 aliphatic heterocycles. The molecule has 2 nitrogen and oxygen atoms in total. The molecule has 2 heteroatoms. The van der Waals surface area contributed by atoms with Gasteiger partial charge in [-0.05, 0) is 39.5 Å². The summed E-state index contributed by atoms with van der Waals surface area (Å²) in [6.45, 7) is 20.5. The van der Waals surface area contributed by atoms with Gasteiger partial charge in [-0.15, -0.1) is 0 Å². The molecule has 124 valence electrons. The van der Waals surface area contributed by atoms with Crippen LogP contribution in [0, 0.1) is 0 Å². The van der Waals surface area contributed by atoms with Gasteiger partial charge in [0.2, 0.25) is 6.29 Å². The highest BCUT2D eigenvalue weighted by molar-refractivity contribution is 5.50. The molecule has 0 radical (unpaired) electrons. The molecule has 0 aliphatic carbocycles. The third kappa shape index (κ3) is 3.09. The molecule has 1 heterocycles.